The standard InChI is InChI=1S/C23H25N3O2S/c1-13-7-5-6-8-16(13)26-22-17(21(25)28)18(24)20(29-22)19(27)14-9-11-15(12-10-14)23(2,3)4/h5-12,26H,24H2,1-4H3,(H2,25,28). The zero-order valence-electron chi connectivity index (χ0n) is 17.0. The van der Waals surface area contributed by atoms with Gasteiger partial charge in [0.2, 0.25) is 5.78 Å². The Morgan fingerprint density at radius 3 is 2.17 bits per heavy atom. The maximum atomic E-state index is 13.1. The summed E-state index contributed by atoms with van der Waals surface area (Å²) in [4.78, 5) is 25.4. The molecular weight excluding hydrogens is 382 g/mol. The molecule has 150 valence electrons. The summed E-state index contributed by atoms with van der Waals surface area (Å²) in [5.41, 5.74) is 15.5. The SMILES string of the molecule is Cc1ccccc1Nc1sc(C(=O)c2ccc(C(C)(C)C)cc2)c(N)c1C(N)=O. The lowest BCUT2D eigenvalue weighted by atomic mass is 9.86. The summed E-state index contributed by atoms with van der Waals surface area (Å²) in [6, 6.07) is 15.1. The first-order valence-corrected chi connectivity index (χ1v) is 10.1. The van der Waals surface area contributed by atoms with E-state index in [0.29, 0.717) is 15.4 Å². The first-order chi connectivity index (χ1) is 13.6. The molecule has 29 heavy (non-hydrogen) atoms. The number of amides is 1. The Hall–Kier alpha value is -3.12. The summed E-state index contributed by atoms with van der Waals surface area (Å²) >= 11 is 1.14. The second-order valence-electron chi connectivity index (χ2n) is 8.01. The summed E-state index contributed by atoms with van der Waals surface area (Å²) < 4.78 is 0. The van der Waals surface area contributed by atoms with Crippen molar-refractivity contribution in [3.63, 3.8) is 0 Å². The minimum atomic E-state index is -0.669. The van der Waals surface area contributed by atoms with Gasteiger partial charge >= 0.3 is 0 Å². The van der Waals surface area contributed by atoms with E-state index in [4.69, 9.17) is 11.5 Å². The predicted molar refractivity (Wildman–Crippen MR) is 120 cm³/mol. The van der Waals surface area contributed by atoms with Crippen LogP contribution in [0.1, 0.15) is 57.5 Å². The van der Waals surface area contributed by atoms with Crippen LogP contribution in [-0.4, -0.2) is 11.7 Å². The average Bonchev–Trinajstić information content (AvgIpc) is 2.98. The number of anilines is 3. The Kier molecular flexibility index (Phi) is 5.48. The molecule has 0 bridgehead atoms. The van der Waals surface area contributed by atoms with Crippen molar-refractivity contribution >= 4 is 39.4 Å². The molecule has 0 atom stereocenters. The molecule has 0 aliphatic carbocycles. The van der Waals surface area contributed by atoms with E-state index in [1.165, 1.54) is 0 Å². The highest BCUT2D eigenvalue weighted by molar-refractivity contribution is 7.19. The first kappa shape index (κ1) is 20.6. The molecule has 1 aromatic heterocycles. The minimum Gasteiger partial charge on any atom is -0.397 e. The molecule has 1 amide bonds. The molecule has 0 aliphatic rings. The lowest BCUT2D eigenvalue weighted by molar-refractivity contribution is 0.100. The van der Waals surface area contributed by atoms with Crippen molar-refractivity contribution < 1.29 is 9.59 Å². The lowest BCUT2D eigenvalue weighted by Gasteiger charge is -2.18. The number of ketones is 1. The van der Waals surface area contributed by atoms with Crippen molar-refractivity contribution in [2.24, 2.45) is 5.73 Å². The molecule has 0 unspecified atom stereocenters. The van der Waals surface area contributed by atoms with E-state index >= 15 is 0 Å². The molecule has 3 aromatic rings. The van der Waals surface area contributed by atoms with Crippen LogP contribution in [0.4, 0.5) is 16.4 Å². The maximum Gasteiger partial charge on any atom is 0.253 e. The number of carbonyl (C=O) groups is 2. The molecule has 0 radical (unpaired) electrons. The third-order valence-electron chi connectivity index (χ3n) is 4.80. The van der Waals surface area contributed by atoms with E-state index in [1.54, 1.807) is 12.1 Å². The van der Waals surface area contributed by atoms with E-state index in [-0.39, 0.29) is 22.4 Å². The smallest absolute Gasteiger partial charge is 0.253 e. The number of primary amides is 1. The quantitative estimate of drug-likeness (QED) is 0.518. The fourth-order valence-electron chi connectivity index (χ4n) is 3.03. The normalized spacial score (nSPS) is 11.3. The van der Waals surface area contributed by atoms with Gasteiger partial charge in [-0.05, 0) is 29.5 Å². The van der Waals surface area contributed by atoms with E-state index in [9.17, 15) is 9.59 Å². The highest BCUT2D eigenvalue weighted by Crippen LogP contribution is 2.39. The zero-order valence-corrected chi connectivity index (χ0v) is 17.8. The minimum absolute atomic E-state index is 0.00664. The number of para-hydroxylation sites is 1. The fraction of sp³-hybridized carbons (Fsp3) is 0.217. The van der Waals surface area contributed by atoms with Crippen LogP contribution >= 0.6 is 11.3 Å². The van der Waals surface area contributed by atoms with Crippen LogP contribution in [0.3, 0.4) is 0 Å². The van der Waals surface area contributed by atoms with Crippen molar-refractivity contribution in [3.8, 4) is 0 Å². The summed E-state index contributed by atoms with van der Waals surface area (Å²) in [7, 11) is 0. The number of benzene rings is 2. The molecule has 5 N–H and O–H groups in total. The predicted octanol–water partition coefficient (Wildman–Crippen LogP) is 5.01. The molecule has 5 nitrogen and oxygen atoms in total. The topological polar surface area (TPSA) is 98.2 Å². The average molecular weight is 408 g/mol. The van der Waals surface area contributed by atoms with Gasteiger partial charge in [0.25, 0.3) is 5.91 Å². The number of hydrogen-bond donors (Lipinski definition) is 3. The number of nitrogens with one attached hydrogen (secondary N) is 1. The third-order valence-corrected chi connectivity index (χ3v) is 5.92. The summed E-state index contributed by atoms with van der Waals surface area (Å²) in [5, 5.41) is 3.68. The maximum absolute atomic E-state index is 13.1. The second-order valence-corrected chi connectivity index (χ2v) is 9.03. The number of nitrogen functional groups attached to an aromatic ring is 1. The van der Waals surface area contributed by atoms with Gasteiger partial charge in [-0.15, -0.1) is 11.3 Å². The highest BCUT2D eigenvalue weighted by atomic mass is 32.1. The van der Waals surface area contributed by atoms with Gasteiger partial charge < -0.3 is 16.8 Å². The number of rotatable bonds is 5. The third kappa shape index (κ3) is 4.17. The van der Waals surface area contributed by atoms with E-state index in [0.717, 1.165) is 28.2 Å². The van der Waals surface area contributed by atoms with Crippen molar-refractivity contribution in [1.29, 1.82) is 0 Å². The number of nitrogens with two attached hydrogens (primary N) is 2. The van der Waals surface area contributed by atoms with Crippen LogP contribution in [0, 0.1) is 6.92 Å². The Balaban J connectivity index is 2.00. The Labute approximate surface area is 174 Å². The summed E-state index contributed by atoms with van der Waals surface area (Å²) in [5.74, 6) is -0.898. The molecule has 0 fully saturated rings. The van der Waals surface area contributed by atoms with Gasteiger partial charge in [0, 0.05) is 11.3 Å². The van der Waals surface area contributed by atoms with Gasteiger partial charge in [-0.25, -0.2) is 0 Å². The van der Waals surface area contributed by atoms with Crippen LogP contribution in [0.2, 0.25) is 0 Å². The number of carbonyl (C=O) groups excluding carboxylic acids is 2. The van der Waals surface area contributed by atoms with Gasteiger partial charge in [-0.1, -0.05) is 63.2 Å². The van der Waals surface area contributed by atoms with E-state index < -0.39 is 5.91 Å². The van der Waals surface area contributed by atoms with E-state index in [2.05, 4.69) is 26.1 Å². The Morgan fingerprint density at radius 1 is 1.00 bits per heavy atom. The summed E-state index contributed by atoms with van der Waals surface area (Å²) in [6.45, 7) is 8.29. The largest absolute Gasteiger partial charge is 0.397 e. The van der Waals surface area contributed by atoms with Gasteiger partial charge in [-0.2, -0.15) is 0 Å². The van der Waals surface area contributed by atoms with Crippen LogP contribution < -0.4 is 16.8 Å². The number of aryl methyl sites for hydroxylation is 1. The molecule has 2 aromatic carbocycles. The molecule has 0 saturated carbocycles. The fourth-order valence-corrected chi connectivity index (χ4v) is 4.13. The molecule has 3 rings (SSSR count). The van der Waals surface area contributed by atoms with Crippen LogP contribution in [0.25, 0.3) is 0 Å². The molecule has 6 heteroatoms. The van der Waals surface area contributed by atoms with Gasteiger partial charge in [0.1, 0.15) is 9.88 Å². The first-order valence-electron chi connectivity index (χ1n) is 9.29. The van der Waals surface area contributed by atoms with Crippen LogP contribution in [0.15, 0.2) is 48.5 Å². The van der Waals surface area contributed by atoms with Gasteiger partial charge in [0.15, 0.2) is 0 Å². The van der Waals surface area contributed by atoms with Gasteiger partial charge in [0.05, 0.1) is 11.3 Å². The van der Waals surface area contributed by atoms with Crippen molar-refractivity contribution in [2.75, 3.05) is 11.1 Å². The lowest BCUT2D eigenvalue weighted by Crippen LogP contribution is -2.15. The number of hydrogen-bond acceptors (Lipinski definition) is 5. The van der Waals surface area contributed by atoms with Crippen molar-refractivity contribution in [1.82, 2.24) is 0 Å². The molecular formula is C23H25N3O2S. The zero-order chi connectivity index (χ0) is 21.3. The highest BCUT2D eigenvalue weighted by Gasteiger charge is 2.25. The van der Waals surface area contributed by atoms with Crippen LogP contribution in [0.5, 0.6) is 0 Å². The number of thiophene rings is 1. The molecule has 1 heterocycles. The van der Waals surface area contributed by atoms with Crippen molar-refractivity contribution in [2.45, 2.75) is 33.1 Å². The van der Waals surface area contributed by atoms with Crippen LogP contribution in [-0.2, 0) is 5.41 Å². The monoisotopic (exact) mass is 407 g/mol. The van der Waals surface area contributed by atoms with Gasteiger partial charge in [-0.3, -0.25) is 9.59 Å². The summed E-state index contributed by atoms with van der Waals surface area (Å²) in [6.07, 6.45) is 0. The molecule has 0 saturated heterocycles. The molecule has 0 aliphatic heterocycles. The Morgan fingerprint density at radius 2 is 1.62 bits per heavy atom. The van der Waals surface area contributed by atoms with Crippen molar-refractivity contribution in [3.05, 3.63) is 75.7 Å². The van der Waals surface area contributed by atoms with E-state index in [1.807, 2.05) is 43.3 Å². The second kappa shape index (κ2) is 7.72. The Bertz CT molecular complexity index is 1080. The molecule has 0 spiro atoms.